The third-order valence-corrected chi connectivity index (χ3v) is 5.37. The summed E-state index contributed by atoms with van der Waals surface area (Å²) in [6.45, 7) is 0.665. The molecule has 1 amide bonds. The van der Waals surface area contributed by atoms with Crippen LogP contribution in [-0.2, 0) is 20.1 Å². The number of esters is 1. The summed E-state index contributed by atoms with van der Waals surface area (Å²) in [5.41, 5.74) is 0. The minimum absolute atomic E-state index is 0.0432. The van der Waals surface area contributed by atoms with Gasteiger partial charge in [0, 0.05) is 17.2 Å². The molecule has 2 rings (SSSR count). The zero-order chi connectivity index (χ0) is 14.4. The van der Waals surface area contributed by atoms with E-state index < -0.39 is 0 Å². The second kappa shape index (κ2) is 7.69. The summed E-state index contributed by atoms with van der Waals surface area (Å²) in [4.78, 5) is 26.9. The van der Waals surface area contributed by atoms with Gasteiger partial charge in [0.05, 0.1) is 12.9 Å². The van der Waals surface area contributed by atoms with Crippen LogP contribution in [0.5, 0.6) is 0 Å². The molecule has 1 fully saturated rings. The quantitative estimate of drug-likeness (QED) is 0.784. The fourth-order valence-corrected chi connectivity index (χ4v) is 4.08. The molecule has 1 aliphatic rings. The molecule has 1 atom stereocenters. The lowest BCUT2D eigenvalue weighted by molar-refractivity contribution is -0.153. The molecule has 1 saturated heterocycles. The van der Waals surface area contributed by atoms with E-state index in [0.29, 0.717) is 18.7 Å². The summed E-state index contributed by atoms with van der Waals surface area (Å²) in [7, 11) is 1.38. The van der Waals surface area contributed by atoms with Crippen LogP contribution >= 0.6 is 23.1 Å². The van der Waals surface area contributed by atoms with Crippen molar-refractivity contribution in [3.63, 3.8) is 0 Å². The van der Waals surface area contributed by atoms with Crippen LogP contribution < -0.4 is 0 Å². The first-order valence-corrected chi connectivity index (χ1v) is 8.73. The van der Waals surface area contributed by atoms with E-state index >= 15 is 0 Å². The van der Waals surface area contributed by atoms with Gasteiger partial charge in [0.1, 0.15) is 6.04 Å². The van der Waals surface area contributed by atoms with Crippen molar-refractivity contribution in [3.8, 4) is 0 Å². The van der Waals surface area contributed by atoms with Gasteiger partial charge in [-0.05, 0) is 30.7 Å². The van der Waals surface area contributed by atoms with Crippen molar-refractivity contribution in [1.29, 1.82) is 0 Å². The predicted octanol–water partition coefficient (Wildman–Crippen LogP) is 2.54. The smallest absolute Gasteiger partial charge is 0.328 e. The highest BCUT2D eigenvalue weighted by Gasteiger charge is 2.32. The Morgan fingerprint density at radius 2 is 2.35 bits per heavy atom. The van der Waals surface area contributed by atoms with Crippen LogP contribution in [0.4, 0.5) is 0 Å². The average Bonchev–Trinajstić information content (AvgIpc) is 2.99. The molecule has 2 heterocycles. The number of ether oxygens (including phenoxy) is 1. The predicted molar refractivity (Wildman–Crippen MR) is 81.8 cm³/mol. The number of thioether (sulfide) groups is 1. The first kappa shape index (κ1) is 15.4. The summed E-state index contributed by atoms with van der Waals surface area (Å²) in [6.07, 6.45) is 2.66. The third-order valence-electron chi connectivity index (χ3n) is 3.35. The summed E-state index contributed by atoms with van der Waals surface area (Å²) in [6, 6.07) is 3.70. The van der Waals surface area contributed by atoms with E-state index in [2.05, 4.69) is 6.07 Å². The zero-order valence-corrected chi connectivity index (χ0v) is 13.2. The number of rotatable bonds is 5. The molecule has 0 aliphatic carbocycles. The van der Waals surface area contributed by atoms with Crippen LogP contribution in [0.15, 0.2) is 17.5 Å². The van der Waals surface area contributed by atoms with Crippen molar-refractivity contribution < 1.29 is 14.3 Å². The molecule has 6 heteroatoms. The number of likely N-dealkylation sites (tertiary alicyclic amines) is 1. The molecule has 0 spiro atoms. The number of amides is 1. The van der Waals surface area contributed by atoms with E-state index in [1.54, 1.807) is 28.0 Å². The summed E-state index contributed by atoms with van der Waals surface area (Å²) < 4.78 is 4.80. The highest BCUT2D eigenvalue weighted by molar-refractivity contribution is 7.99. The van der Waals surface area contributed by atoms with E-state index in [1.165, 1.54) is 12.0 Å². The minimum Gasteiger partial charge on any atom is -0.467 e. The van der Waals surface area contributed by atoms with Crippen molar-refractivity contribution >= 4 is 35.0 Å². The van der Waals surface area contributed by atoms with Crippen molar-refractivity contribution in [2.45, 2.75) is 31.1 Å². The molecule has 0 aromatic carbocycles. The molecule has 4 nitrogen and oxygen atoms in total. The maximum absolute atomic E-state index is 12.3. The number of carbonyl (C=O) groups excluding carboxylic acids is 2. The SMILES string of the molecule is COC(=O)C1CCCCN1C(=O)CSCc1cccs1. The molecule has 1 aliphatic heterocycles. The minimum atomic E-state index is -0.386. The van der Waals surface area contributed by atoms with Crippen LogP contribution in [0.25, 0.3) is 0 Å². The maximum atomic E-state index is 12.3. The molecule has 110 valence electrons. The Labute approximate surface area is 127 Å². The third kappa shape index (κ3) is 3.99. The second-order valence-electron chi connectivity index (χ2n) is 4.69. The normalized spacial score (nSPS) is 18.9. The zero-order valence-electron chi connectivity index (χ0n) is 11.5. The van der Waals surface area contributed by atoms with Crippen LogP contribution in [0.1, 0.15) is 24.1 Å². The van der Waals surface area contributed by atoms with Gasteiger partial charge in [0.15, 0.2) is 0 Å². The van der Waals surface area contributed by atoms with Crippen LogP contribution in [-0.4, -0.2) is 42.2 Å². The molecular weight excluding hydrogens is 294 g/mol. The number of carbonyl (C=O) groups is 2. The van der Waals surface area contributed by atoms with Crippen molar-refractivity contribution in [2.24, 2.45) is 0 Å². The Hall–Kier alpha value is -1.01. The van der Waals surface area contributed by atoms with E-state index in [-0.39, 0.29) is 17.9 Å². The van der Waals surface area contributed by atoms with Crippen molar-refractivity contribution in [2.75, 3.05) is 19.4 Å². The molecule has 20 heavy (non-hydrogen) atoms. The van der Waals surface area contributed by atoms with Gasteiger partial charge in [-0.2, -0.15) is 0 Å². The number of thiophene rings is 1. The molecule has 0 radical (unpaired) electrons. The van der Waals surface area contributed by atoms with Gasteiger partial charge in [-0.3, -0.25) is 4.79 Å². The first-order chi connectivity index (χ1) is 9.72. The molecule has 1 aromatic rings. The van der Waals surface area contributed by atoms with Gasteiger partial charge in [0.25, 0.3) is 0 Å². The standard InChI is InChI=1S/C14H19NO3S2/c1-18-14(17)12-6-2-3-7-15(12)13(16)10-19-9-11-5-4-8-20-11/h4-5,8,12H,2-3,6-7,9-10H2,1H3. The fourth-order valence-electron chi connectivity index (χ4n) is 2.33. The van der Waals surface area contributed by atoms with Crippen molar-refractivity contribution in [1.82, 2.24) is 4.90 Å². The average molecular weight is 313 g/mol. The molecule has 1 unspecified atom stereocenters. The molecule has 1 aromatic heterocycles. The van der Waals surface area contributed by atoms with Crippen LogP contribution in [0.3, 0.4) is 0 Å². The number of hydrogen-bond donors (Lipinski definition) is 0. The monoisotopic (exact) mass is 313 g/mol. The Bertz CT molecular complexity index is 447. The molecule has 0 saturated carbocycles. The first-order valence-electron chi connectivity index (χ1n) is 6.70. The van der Waals surface area contributed by atoms with Gasteiger partial charge < -0.3 is 9.64 Å². The van der Waals surface area contributed by atoms with E-state index in [1.807, 2.05) is 11.4 Å². The highest BCUT2D eigenvalue weighted by Crippen LogP contribution is 2.21. The van der Waals surface area contributed by atoms with Crippen molar-refractivity contribution in [3.05, 3.63) is 22.4 Å². The Morgan fingerprint density at radius 1 is 1.50 bits per heavy atom. The lowest BCUT2D eigenvalue weighted by Crippen LogP contribution is -2.49. The maximum Gasteiger partial charge on any atom is 0.328 e. The summed E-state index contributed by atoms with van der Waals surface area (Å²) >= 11 is 3.30. The van der Waals surface area contributed by atoms with Gasteiger partial charge in [-0.1, -0.05) is 6.07 Å². The van der Waals surface area contributed by atoms with Gasteiger partial charge in [-0.15, -0.1) is 23.1 Å². The topological polar surface area (TPSA) is 46.6 Å². The van der Waals surface area contributed by atoms with E-state index in [9.17, 15) is 9.59 Å². The molecule has 0 N–H and O–H groups in total. The van der Waals surface area contributed by atoms with E-state index in [4.69, 9.17) is 4.74 Å². The Kier molecular flexibility index (Phi) is 5.91. The lowest BCUT2D eigenvalue weighted by atomic mass is 10.0. The summed E-state index contributed by atoms with van der Waals surface area (Å²) in [5.74, 6) is 1.02. The second-order valence-corrected chi connectivity index (χ2v) is 6.71. The van der Waals surface area contributed by atoms with E-state index in [0.717, 1.165) is 18.6 Å². The fraction of sp³-hybridized carbons (Fsp3) is 0.571. The Morgan fingerprint density at radius 3 is 3.05 bits per heavy atom. The lowest BCUT2D eigenvalue weighted by Gasteiger charge is -2.33. The van der Waals surface area contributed by atoms with Gasteiger partial charge in [0.2, 0.25) is 5.91 Å². The number of piperidine rings is 1. The van der Waals surface area contributed by atoms with Crippen LogP contribution in [0.2, 0.25) is 0 Å². The summed E-state index contributed by atoms with van der Waals surface area (Å²) in [5, 5.41) is 2.04. The van der Waals surface area contributed by atoms with Gasteiger partial charge in [-0.25, -0.2) is 4.79 Å². The number of nitrogens with zero attached hydrogens (tertiary/aromatic N) is 1. The van der Waals surface area contributed by atoms with Gasteiger partial charge >= 0.3 is 5.97 Å². The number of methoxy groups -OCH3 is 1. The Balaban J connectivity index is 1.84. The largest absolute Gasteiger partial charge is 0.467 e. The van der Waals surface area contributed by atoms with Crippen LogP contribution in [0, 0.1) is 0 Å². The molecular formula is C14H19NO3S2. The molecule has 0 bridgehead atoms. The highest BCUT2D eigenvalue weighted by atomic mass is 32.2. The number of hydrogen-bond acceptors (Lipinski definition) is 5.